The van der Waals surface area contributed by atoms with Gasteiger partial charge in [-0.15, -0.1) is 0 Å². The molecular formula is C32H36O5. The summed E-state index contributed by atoms with van der Waals surface area (Å²) in [5, 5.41) is 32.1. The van der Waals surface area contributed by atoms with Crippen molar-refractivity contribution in [2.45, 2.75) is 60.8 Å². The predicted molar refractivity (Wildman–Crippen MR) is 149 cm³/mol. The molecular weight excluding hydrogens is 464 g/mol. The first-order valence-electron chi connectivity index (χ1n) is 12.4. The smallest absolute Gasteiger partial charge is 0.348 e. The average Bonchev–Trinajstić information content (AvgIpc) is 3.10. The van der Waals surface area contributed by atoms with Gasteiger partial charge in [0, 0.05) is 0 Å². The van der Waals surface area contributed by atoms with Gasteiger partial charge in [-0.3, -0.25) is 0 Å². The van der Waals surface area contributed by atoms with Crippen LogP contribution in [0.4, 0.5) is 0 Å². The first-order valence-corrected chi connectivity index (χ1v) is 12.4. The van der Waals surface area contributed by atoms with E-state index in [-0.39, 0.29) is 28.6 Å². The Labute approximate surface area is 219 Å². The molecule has 0 unspecified atom stereocenters. The number of esters is 1. The number of aliphatic hydroxyl groups is 1. The topological polar surface area (TPSA) is 87.0 Å². The lowest BCUT2D eigenvalue weighted by molar-refractivity contribution is -0.131. The summed E-state index contributed by atoms with van der Waals surface area (Å²) in [6.07, 6.45) is 9.17. The number of carbonyl (C=O) groups excluding carboxylic acids is 1. The summed E-state index contributed by atoms with van der Waals surface area (Å²) >= 11 is 0. The summed E-state index contributed by atoms with van der Waals surface area (Å²) < 4.78 is 5.46. The third-order valence-electron chi connectivity index (χ3n) is 6.03. The maximum Gasteiger partial charge on any atom is 0.348 e. The number of carbonyl (C=O) groups is 1. The maximum atomic E-state index is 12.9. The van der Waals surface area contributed by atoms with E-state index in [2.05, 4.69) is 0 Å². The van der Waals surface area contributed by atoms with Gasteiger partial charge >= 0.3 is 5.97 Å². The summed E-state index contributed by atoms with van der Waals surface area (Å²) in [5.74, 6) is -0.492. The van der Waals surface area contributed by atoms with Crippen molar-refractivity contribution in [1.82, 2.24) is 0 Å². The Morgan fingerprint density at radius 3 is 1.78 bits per heavy atom. The highest BCUT2D eigenvalue weighted by Crippen LogP contribution is 2.37. The summed E-state index contributed by atoms with van der Waals surface area (Å²) in [4.78, 5) is 12.9. The van der Waals surface area contributed by atoms with Crippen LogP contribution < -0.4 is 0 Å². The first kappa shape index (κ1) is 27.6. The highest BCUT2D eigenvalue weighted by atomic mass is 16.6. The predicted octanol–water partition coefficient (Wildman–Crippen LogP) is 7.49. The second-order valence-electron chi connectivity index (χ2n) is 10.1. The molecule has 1 aliphatic rings. The van der Waals surface area contributed by atoms with Gasteiger partial charge in [-0.2, -0.15) is 0 Å². The minimum atomic E-state index is -0.653. The lowest BCUT2D eigenvalue weighted by atomic mass is 9.94. The Morgan fingerprint density at radius 1 is 0.757 bits per heavy atom. The number of rotatable bonds is 8. The van der Waals surface area contributed by atoms with E-state index in [9.17, 15) is 20.1 Å². The minimum absolute atomic E-state index is 0.0450. The second kappa shape index (κ2) is 11.8. The molecule has 0 spiro atoms. The van der Waals surface area contributed by atoms with E-state index >= 15 is 0 Å². The number of hydrogen-bond acceptors (Lipinski definition) is 5. The van der Waals surface area contributed by atoms with Gasteiger partial charge in [0.1, 0.15) is 17.1 Å². The monoisotopic (exact) mass is 500 g/mol. The molecule has 0 saturated heterocycles. The number of ether oxygens (including phenoxy) is 1. The van der Waals surface area contributed by atoms with E-state index < -0.39 is 5.97 Å². The average molecular weight is 501 g/mol. The molecule has 0 aromatic heterocycles. The van der Waals surface area contributed by atoms with E-state index in [4.69, 9.17) is 4.74 Å². The maximum absolute atomic E-state index is 12.9. The van der Waals surface area contributed by atoms with Crippen molar-refractivity contribution in [3.05, 3.63) is 105 Å². The second-order valence-corrected chi connectivity index (χ2v) is 10.1. The van der Waals surface area contributed by atoms with Crippen molar-refractivity contribution < 1.29 is 24.9 Å². The highest BCUT2D eigenvalue weighted by molar-refractivity contribution is 6.21. The molecule has 2 aromatic rings. The van der Waals surface area contributed by atoms with Crippen LogP contribution in [0.5, 0.6) is 11.5 Å². The van der Waals surface area contributed by atoms with Gasteiger partial charge in [0.25, 0.3) is 0 Å². The number of hydrogen-bond donors (Lipinski definition) is 3. The highest BCUT2D eigenvalue weighted by Gasteiger charge is 2.32. The van der Waals surface area contributed by atoms with Gasteiger partial charge in [-0.05, 0) is 119 Å². The quantitative estimate of drug-likeness (QED) is 0.258. The Kier molecular flexibility index (Phi) is 8.82. The molecule has 3 rings (SSSR count). The van der Waals surface area contributed by atoms with Crippen LogP contribution in [-0.4, -0.2) is 21.3 Å². The van der Waals surface area contributed by atoms with Gasteiger partial charge in [-0.1, -0.05) is 41.0 Å². The standard InChI is InChI=1S/C32H36O5/c1-19(2)7-11-23-15-22(10-14-27(23)33)16-28-31(35)29(32(36)37-28)26-17-24(12-8-20(3)4)30(34)25(18-26)13-9-21(5)6/h7-10,14-18,33-35H,11-13H2,1-6H3/b28-16-. The van der Waals surface area contributed by atoms with Gasteiger partial charge < -0.3 is 20.1 Å². The summed E-state index contributed by atoms with van der Waals surface area (Å²) in [6, 6.07) is 8.55. The van der Waals surface area contributed by atoms with Crippen LogP contribution in [0.1, 0.15) is 69.4 Å². The minimum Gasteiger partial charge on any atom is -0.508 e. The van der Waals surface area contributed by atoms with Gasteiger partial charge in [0.05, 0.1) is 0 Å². The molecule has 5 nitrogen and oxygen atoms in total. The fourth-order valence-corrected chi connectivity index (χ4v) is 3.94. The summed E-state index contributed by atoms with van der Waals surface area (Å²) in [5.41, 5.74) is 6.68. The van der Waals surface area contributed by atoms with Crippen LogP contribution in [0.25, 0.3) is 11.6 Å². The molecule has 0 aliphatic carbocycles. The van der Waals surface area contributed by atoms with E-state index in [1.807, 2.05) is 59.8 Å². The Morgan fingerprint density at radius 2 is 1.27 bits per heavy atom. The number of phenols is 2. The number of aromatic hydroxyl groups is 2. The number of benzene rings is 2. The summed E-state index contributed by atoms with van der Waals surface area (Å²) in [7, 11) is 0. The SMILES string of the molecule is CC(C)=CCc1cc(/C=C2\OC(=O)C(c3cc(CC=C(C)C)c(O)c(CC=C(C)C)c3)=C2O)ccc1O. The Bertz CT molecular complexity index is 1310. The molecule has 0 amide bonds. The van der Waals surface area contributed by atoms with E-state index in [1.54, 1.807) is 36.4 Å². The number of allylic oxidation sites excluding steroid dienone is 6. The number of cyclic esters (lactones) is 1. The van der Waals surface area contributed by atoms with Crippen LogP contribution in [0.15, 0.2) is 76.8 Å². The summed E-state index contributed by atoms with van der Waals surface area (Å²) in [6.45, 7) is 11.9. The fourth-order valence-electron chi connectivity index (χ4n) is 3.94. The molecule has 0 bridgehead atoms. The van der Waals surface area contributed by atoms with Gasteiger partial charge in [0.2, 0.25) is 0 Å². The van der Waals surface area contributed by atoms with E-state index in [0.717, 1.165) is 22.3 Å². The third kappa shape index (κ3) is 7.04. The van der Waals surface area contributed by atoms with Gasteiger partial charge in [-0.25, -0.2) is 4.79 Å². The lowest BCUT2D eigenvalue weighted by Crippen LogP contribution is -2.01. The molecule has 0 fully saturated rings. The molecule has 0 saturated carbocycles. The van der Waals surface area contributed by atoms with Crippen LogP contribution in [0.3, 0.4) is 0 Å². The van der Waals surface area contributed by atoms with Crippen LogP contribution in [-0.2, 0) is 28.8 Å². The fraction of sp³-hybridized carbons (Fsp3) is 0.281. The molecule has 0 radical (unpaired) electrons. The van der Waals surface area contributed by atoms with E-state index in [1.165, 1.54) is 0 Å². The van der Waals surface area contributed by atoms with Crippen LogP contribution in [0, 0.1) is 0 Å². The van der Waals surface area contributed by atoms with Gasteiger partial charge in [0.15, 0.2) is 11.5 Å². The normalized spacial score (nSPS) is 14.0. The van der Waals surface area contributed by atoms with Crippen LogP contribution >= 0.6 is 0 Å². The van der Waals surface area contributed by atoms with Crippen molar-refractivity contribution in [3.63, 3.8) is 0 Å². The molecule has 2 aromatic carbocycles. The first-order chi connectivity index (χ1) is 17.5. The molecule has 37 heavy (non-hydrogen) atoms. The van der Waals surface area contributed by atoms with Crippen LogP contribution in [0.2, 0.25) is 0 Å². The zero-order valence-corrected chi connectivity index (χ0v) is 22.5. The van der Waals surface area contributed by atoms with Crippen molar-refractivity contribution in [1.29, 1.82) is 0 Å². The number of aliphatic hydroxyl groups excluding tert-OH is 1. The lowest BCUT2D eigenvalue weighted by Gasteiger charge is -2.12. The molecule has 1 aliphatic heterocycles. The molecule has 1 heterocycles. The largest absolute Gasteiger partial charge is 0.508 e. The molecule has 3 N–H and O–H groups in total. The van der Waals surface area contributed by atoms with E-state index in [0.29, 0.717) is 41.5 Å². The molecule has 0 atom stereocenters. The Hall–Kier alpha value is -3.99. The zero-order chi connectivity index (χ0) is 27.3. The Balaban J connectivity index is 2.07. The van der Waals surface area contributed by atoms with Crippen molar-refractivity contribution in [2.24, 2.45) is 0 Å². The third-order valence-corrected chi connectivity index (χ3v) is 6.03. The number of phenolic OH excluding ortho intramolecular Hbond substituents is 2. The molecule has 194 valence electrons. The van der Waals surface area contributed by atoms with Crippen molar-refractivity contribution in [2.75, 3.05) is 0 Å². The van der Waals surface area contributed by atoms with Crippen molar-refractivity contribution >= 4 is 17.6 Å². The van der Waals surface area contributed by atoms with Crippen molar-refractivity contribution in [3.8, 4) is 11.5 Å². The molecule has 5 heteroatoms. The zero-order valence-electron chi connectivity index (χ0n) is 22.5.